The van der Waals surface area contributed by atoms with Gasteiger partial charge in [-0.1, -0.05) is 17.2 Å². The van der Waals surface area contributed by atoms with Crippen LogP contribution < -0.4 is 5.32 Å². The molecule has 6 heteroatoms. The van der Waals surface area contributed by atoms with Gasteiger partial charge in [0, 0.05) is 11.8 Å². The summed E-state index contributed by atoms with van der Waals surface area (Å²) in [6.45, 7) is 3.26. The van der Waals surface area contributed by atoms with Crippen LogP contribution in [0, 0.1) is 0 Å². The highest BCUT2D eigenvalue weighted by Crippen LogP contribution is 2.22. The molecule has 0 unspecified atom stereocenters. The van der Waals surface area contributed by atoms with Crippen molar-refractivity contribution in [2.45, 2.75) is 20.5 Å². The summed E-state index contributed by atoms with van der Waals surface area (Å²) in [4.78, 5) is 16.0. The summed E-state index contributed by atoms with van der Waals surface area (Å²) in [6.07, 6.45) is 1.46. The van der Waals surface area contributed by atoms with E-state index in [2.05, 4.69) is 22.9 Å². The first-order valence-electron chi connectivity index (χ1n) is 4.89. The highest BCUT2D eigenvalue weighted by atomic mass is 35.5. The Labute approximate surface area is 110 Å². The zero-order valence-electron chi connectivity index (χ0n) is 9.49. The van der Waals surface area contributed by atoms with Crippen LogP contribution in [-0.4, -0.2) is 16.0 Å². The summed E-state index contributed by atoms with van der Waals surface area (Å²) >= 11 is 9.96. The number of amides is 1. The number of hydrogen-bond donors (Lipinski definition) is 3. The minimum atomic E-state index is -0.377. The molecule has 0 aliphatic rings. The first kappa shape index (κ1) is 14.0. The molecule has 1 aromatic rings. The summed E-state index contributed by atoms with van der Waals surface area (Å²) in [7, 11) is 0. The standard InChI is InChI=1S/C11H13ClN2O2S/c1-6(2)9(17)11(16)14-10-7(5-15)8(12)3-4-13-10/h3-4,15,17H,5H2,1-2H3,(H,13,14,16). The number of hydrogen-bond acceptors (Lipinski definition) is 4. The predicted octanol–water partition coefficient (Wildman–Crippen LogP) is 2.39. The number of carbonyl (C=O) groups excluding carboxylic acids is 1. The molecule has 0 bridgehead atoms. The number of aliphatic hydroxyl groups is 1. The normalized spacial score (nSPS) is 9.94. The fourth-order valence-electron chi connectivity index (χ4n) is 1.12. The van der Waals surface area contributed by atoms with Gasteiger partial charge in [0.15, 0.2) is 0 Å². The summed E-state index contributed by atoms with van der Waals surface area (Å²) in [5.41, 5.74) is 1.18. The maximum Gasteiger partial charge on any atom is 0.262 e. The second kappa shape index (κ2) is 6.05. The van der Waals surface area contributed by atoms with Crippen molar-refractivity contribution >= 4 is 36.0 Å². The molecule has 0 atom stereocenters. The first-order chi connectivity index (χ1) is 7.97. The number of halogens is 1. The monoisotopic (exact) mass is 272 g/mol. The molecule has 0 aromatic carbocycles. The lowest BCUT2D eigenvalue weighted by Crippen LogP contribution is -2.15. The lowest BCUT2D eigenvalue weighted by Gasteiger charge is -2.10. The highest BCUT2D eigenvalue weighted by molar-refractivity contribution is 7.85. The molecule has 0 fully saturated rings. The highest BCUT2D eigenvalue weighted by Gasteiger charge is 2.12. The molecule has 0 aliphatic carbocycles. The van der Waals surface area contributed by atoms with Gasteiger partial charge < -0.3 is 10.4 Å². The average Bonchev–Trinajstić information content (AvgIpc) is 2.28. The third-order valence-corrected chi connectivity index (χ3v) is 3.08. The molecule has 1 aromatic heterocycles. The number of thiol groups is 1. The lowest BCUT2D eigenvalue weighted by atomic mass is 10.2. The van der Waals surface area contributed by atoms with Crippen LogP contribution in [0.5, 0.6) is 0 Å². The first-order valence-corrected chi connectivity index (χ1v) is 5.72. The number of nitrogens with one attached hydrogen (secondary N) is 1. The van der Waals surface area contributed by atoms with Crippen LogP contribution in [0.4, 0.5) is 5.82 Å². The van der Waals surface area contributed by atoms with E-state index < -0.39 is 0 Å². The molecule has 92 valence electrons. The molecule has 1 rings (SSSR count). The number of anilines is 1. The Morgan fingerprint density at radius 1 is 1.59 bits per heavy atom. The van der Waals surface area contributed by atoms with Crippen LogP contribution >= 0.6 is 24.2 Å². The van der Waals surface area contributed by atoms with Crippen LogP contribution in [-0.2, 0) is 11.4 Å². The van der Waals surface area contributed by atoms with Gasteiger partial charge in [-0.15, -0.1) is 12.6 Å². The third kappa shape index (κ3) is 3.46. The van der Waals surface area contributed by atoms with E-state index >= 15 is 0 Å². The maximum absolute atomic E-state index is 11.7. The number of aliphatic hydroxyl groups excluding tert-OH is 1. The number of pyridine rings is 1. The maximum atomic E-state index is 11.7. The van der Waals surface area contributed by atoms with E-state index in [0.29, 0.717) is 15.5 Å². The van der Waals surface area contributed by atoms with Gasteiger partial charge in [-0.2, -0.15) is 0 Å². The van der Waals surface area contributed by atoms with E-state index in [1.54, 1.807) is 19.9 Å². The SMILES string of the molecule is CC(C)=C(S)C(=O)Nc1nccc(Cl)c1CO. The summed E-state index contributed by atoms with van der Waals surface area (Å²) in [5.74, 6) is -0.129. The van der Waals surface area contributed by atoms with Crippen molar-refractivity contribution in [1.82, 2.24) is 4.98 Å². The second-order valence-electron chi connectivity index (χ2n) is 3.58. The van der Waals surface area contributed by atoms with Crippen LogP contribution in [0.25, 0.3) is 0 Å². The fraction of sp³-hybridized carbons (Fsp3) is 0.273. The largest absolute Gasteiger partial charge is 0.391 e. The van der Waals surface area contributed by atoms with Gasteiger partial charge >= 0.3 is 0 Å². The zero-order valence-corrected chi connectivity index (χ0v) is 11.1. The topological polar surface area (TPSA) is 62.2 Å². The van der Waals surface area contributed by atoms with E-state index in [1.165, 1.54) is 6.20 Å². The van der Waals surface area contributed by atoms with Gasteiger partial charge in [0.25, 0.3) is 5.91 Å². The molecule has 0 saturated carbocycles. The lowest BCUT2D eigenvalue weighted by molar-refractivity contribution is -0.112. The van der Waals surface area contributed by atoms with Gasteiger partial charge in [0.2, 0.25) is 0 Å². The van der Waals surface area contributed by atoms with Gasteiger partial charge in [0.1, 0.15) is 5.82 Å². The van der Waals surface area contributed by atoms with Crippen LogP contribution in [0.1, 0.15) is 19.4 Å². The molecule has 0 aliphatic heterocycles. The molecule has 4 nitrogen and oxygen atoms in total. The molecule has 1 heterocycles. The van der Waals surface area contributed by atoms with Gasteiger partial charge in [-0.3, -0.25) is 4.79 Å². The van der Waals surface area contributed by atoms with Gasteiger partial charge in [-0.05, 0) is 19.9 Å². The minimum absolute atomic E-state index is 0.248. The van der Waals surface area contributed by atoms with Crippen molar-refractivity contribution < 1.29 is 9.90 Å². The number of carbonyl (C=O) groups is 1. The number of nitrogens with zero attached hydrogens (tertiary/aromatic N) is 1. The quantitative estimate of drug-likeness (QED) is 0.585. The van der Waals surface area contributed by atoms with Crippen LogP contribution in [0.15, 0.2) is 22.7 Å². The molecule has 0 radical (unpaired) electrons. The van der Waals surface area contributed by atoms with E-state index in [4.69, 9.17) is 16.7 Å². The summed E-state index contributed by atoms with van der Waals surface area (Å²) < 4.78 is 0. The van der Waals surface area contributed by atoms with E-state index in [-0.39, 0.29) is 18.3 Å². The minimum Gasteiger partial charge on any atom is -0.391 e. The van der Waals surface area contributed by atoms with Crippen LogP contribution in [0.2, 0.25) is 5.02 Å². The molecule has 2 N–H and O–H groups in total. The molecule has 0 saturated heterocycles. The Hall–Kier alpha value is -1.04. The zero-order chi connectivity index (χ0) is 13.0. The van der Waals surface area contributed by atoms with Crippen molar-refractivity contribution in [2.75, 3.05) is 5.32 Å². The Morgan fingerprint density at radius 2 is 2.24 bits per heavy atom. The van der Waals surface area contributed by atoms with Crippen molar-refractivity contribution in [2.24, 2.45) is 0 Å². The Bertz CT molecular complexity index is 471. The van der Waals surface area contributed by atoms with Gasteiger partial charge in [-0.25, -0.2) is 4.98 Å². The van der Waals surface area contributed by atoms with Crippen LogP contribution in [0.3, 0.4) is 0 Å². The third-order valence-electron chi connectivity index (χ3n) is 2.08. The van der Waals surface area contributed by atoms with Gasteiger partial charge in [0.05, 0.1) is 16.5 Å². The molecular weight excluding hydrogens is 260 g/mol. The van der Waals surface area contributed by atoms with Crippen molar-refractivity contribution in [3.8, 4) is 0 Å². The van der Waals surface area contributed by atoms with E-state index in [1.807, 2.05) is 0 Å². The van der Waals surface area contributed by atoms with E-state index in [9.17, 15) is 4.79 Å². The smallest absolute Gasteiger partial charge is 0.262 e. The van der Waals surface area contributed by atoms with E-state index in [0.717, 1.165) is 5.57 Å². The van der Waals surface area contributed by atoms with Crippen molar-refractivity contribution in [3.05, 3.63) is 33.3 Å². The van der Waals surface area contributed by atoms with Crippen molar-refractivity contribution in [1.29, 1.82) is 0 Å². The number of allylic oxidation sites excluding steroid dienone is 1. The Morgan fingerprint density at radius 3 is 2.76 bits per heavy atom. The second-order valence-corrected chi connectivity index (χ2v) is 4.44. The summed E-state index contributed by atoms with van der Waals surface area (Å²) in [6, 6.07) is 1.55. The van der Waals surface area contributed by atoms with Crippen molar-refractivity contribution in [3.63, 3.8) is 0 Å². The Balaban J connectivity index is 3.01. The molecule has 1 amide bonds. The molecule has 0 spiro atoms. The predicted molar refractivity (Wildman–Crippen MR) is 71.2 cm³/mol. The Kier molecular flexibility index (Phi) is 4.99. The number of aromatic nitrogens is 1. The molecular formula is C11H13ClN2O2S. The fourth-order valence-corrected chi connectivity index (χ4v) is 1.38. The number of rotatable bonds is 3. The average molecular weight is 273 g/mol. The molecule has 17 heavy (non-hydrogen) atoms. The summed E-state index contributed by atoms with van der Waals surface area (Å²) in [5, 5.41) is 12.1.